The number of nitrogens with zero attached hydrogens (tertiary/aromatic N) is 1. The number of halogens is 2. The maximum absolute atomic E-state index is 12.5. The molecule has 4 nitrogen and oxygen atoms in total. The number of alkyl halides is 2. The Hall–Kier alpha value is -1.72. The van der Waals surface area contributed by atoms with Gasteiger partial charge in [0.15, 0.2) is 0 Å². The molecule has 1 heterocycles. The molecular formula is C9H10F2N2O2. The van der Waals surface area contributed by atoms with E-state index in [1.165, 1.54) is 6.92 Å². The predicted octanol–water partition coefficient (Wildman–Crippen LogP) is 1.54. The Balaban J connectivity index is 3.17. The number of nitrogens with two attached hydrogens (primary N) is 1. The lowest BCUT2D eigenvalue weighted by atomic mass is 10.1. The molecule has 15 heavy (non-hydrogen) atoms. The van der Waals surface area contributed by atoms with Crippen molar-refractivity contribution < 1.29 is 18.7 Å². The van der Waals surface area contributed by atoms with Gasteiger partial charge in [0.05, 0.1) is 23.5 Å². The number of hydrogen-bond donors (Lipinski definition) is 2. The van der Waals surface area contributed by atoms with Crippen molar-refractivity contribution in [2.75, 3.05) is 5.73 Å². The normalized spacial score (nSPS) is 10.7. The fraction of sp³-hybridized carbons (Fsp3) is 0.333. The molecule has 3 N–H and O–H groups in total. The molecule has 82 valence electrons. The summed E-state index contributed by atoms with van der Waals surface area (Å²) in [6.45, 7) is 1.46. The van der Waals surface area contributed by atoms with E-state index < -0.39 is 12.4 Å². The molecule has 0 aliphatic rings. The lowest BCUT2D eigenvalue weighted by Crippen LogP contribution is -2.07. The zero-order valence-electron chi connectivity index (χ0n) is 8.00. The van der Waals surface area contributed by atoms with Gasteiger partial charge in [0.25, 0.3) is 6.43 Å². The van der Waals surface area contributed by atoms with Gasteiger partial charge in [0, 0.05) is 5.56 Å². The topological polar surface area (TPSA) is 76.2 Å². The van der Waals surface area contributed by atoms with E-state index in [1.54, 1.807) is 0 Å². The Bertz CT molecular complexity index is 394. The summed E-state index contributed by atoms with van der Waals surface area (Å²) in [4.78, 5) is 14.2. The highest BCUT2D eigenvalue weighted by atomic mass is 19.3. The number of carbonyl (C=O) groups is 1. The van der Waals surface area contributed by atoms with Crippen molar-refractivity contribution in [3.05, 3.63) is 23.0 Å². The summed E-state index contributed by atoms with van der Waals surface area (Å²) in [6, 6.07) is 1.03. The molecule has 0 aliphatic carbocycles. The number of hydrogen-bond acceptors (Lipinski definition) is 3. The number of nitrogen functional groups attached to an aromatic ring is 1. The van der Waals surface area contributed by atoms with Gasteiger partial charge in [-0.25, -0.2) is 8.78 Å². The van der Waals surface area contributed by atoms with Crippen LogP contribution in [0.3, 0.4) is 0 Å². The van der Waals surface area contributed by atoms with Crippen molar-refractivity contribution in [2.45, 2.75) is 19.8 Å². The van der Waals surface area contributed by atoms with Gasteiger partial charge in [0.2, 0.25) is 0 Å². The Kier molecular flexibility index (Phi) is 3.18. The van der Waals surface area contributed by atoms with Gasteiger partial charge >= 0.3 is 5.97 Å². The molecule has 1 aromatic heterocycles. The van der Waals surface area contributed by atoms with Crippen molar-refractivity contribution in [1.29, 1.82) is 0 Å². The Labute approximate surface area is 84.7 Å². The summed E-state index contributed by atoms with van der Waals surface area (Å²) in [5.74, 6) is -1.12. The number of carboxylic acids is 1. The smallest absolute Gasteiger partial charge is 0.309 e. The first-order chi connectivity index (χ1) is 6.91. The highest BCUT2D eigenvalue weighted by molar-refractivity contribution is 5.70. The second kappa shape index (κ2) is 4.20. The van der Waals surface area contributed by atoms with Crippen molar-refractivity contribution in [1.82, 2.24) is 4.98 Å². The van der Waals surface area contributed by atoms with Gasteiger partial charge in [-0.05, 0) is 13.0 Å². The van der Waals surface area contributed by atoms with E-state index >= 15 is 0 Å². The first kappa shape index (κ1) is 11.4. The molecule has 0 bridgehead atoms. The highest BCUT2D eigenvalue weighted by Gasteiger charge is 2.16. The Morgan fingerprint density at radius 2 is 2.27 bits per heavy atom. The maximum Gasteiger partial charge on any atom is 0.309 e. The molecule has 0 fully saturated rings. The molecule has 1 aromatic rings. The lowest BCUT2D eigenvalue weighted by molar-refractivity contribution is -0.136. The zero-order chi connectivity index (χ0) is 11.6. The Morgan fingerprint density at radius 3 is 2.73 bits per heavy atom. The molecule has 0 spiro atoms. The minimum Gasteiger partial charge on any atom is -0.481 e. The van der Waals surface area contributed by atoms with Gasteiger partial charge < -0.3 is 10.8 Å². The van der Waals surface area contributed by atoms with E-state index in [4.69, 9.17) is 10.8 Å². The molecule has 0 radical (unpaired) electrons. The fourth-order valence-corrected chi connectivity index (χ4v) is 1.20. The molecule has 1 rings (SSSR count). The summed E-state index contributed by atoms with van der Waals surface area (Å²) in [7, 11) is 0. The summed E-state index contributed by atoms with van der Waals surface area (Å²) in [5.41, 5.74) is 5.26. The van der Waals surface area contributed by atoms with Crippen LogP contribution in [0.5, 0.6) is 0 Å². The summed E-state index contributed by atoms with van der Waals surface area (Å²) in [5, 5.41) is 8.50. The fourth-order valence-electron chi connectivity index (χ4n) is 1.20. The van der Waals surface area contributed by atoms with Gasteiger partial charge in [-0.15, -0.1) is 0 Å². The number of carboxylic acid groups (broad SMARTS) is 1. The van der Waals surface area contributed by atoms with Gasteiger partial charge in [-0.1, -0.05) is 0 Å². The maximum atomic E-state index is 12.5. The van der Waals surface area contributed by atoms with E-state index in [2.05, 4.69) is 4.98 Å². The van der Waals surface area contributed by atoms with E-state index in [9.17, 15) is 13.6 Å². The molecular weight excluding hydrogens is 206 g/mol. The lowest BCUT2D eigenvalue weighted by Gasteiger charge is -2.09. The number of aryl methyl sites for hydroxylation is 1. The first-order valence-electron chi connectivity index (χ1n) is 4.17. The molecule has 0 aliphatic heterocycles. The standard InChI is InChI=1S/C9H10F2N2O2/c1-4-8(12)6(9(10)11)2-5(13-4)3-7(14)15/h2,9H,3,12H2,1H3,(H,14,15). The van der Waals surface area contributed by atoms with Crippen LogP contribution in [-0.4, -0.2) is 16.1 Å². The van der Waals surface area contributed by atoms with Crippen LogP contribution < -0.4 is 5.73 Å². The number of pyridine rings is 1. The highest BCUT2D eigenvalue weighted by Crippen LogP contribution is 2.27. The second-order valence-electron chi connectivity index (χ2n) is 3.07. The SMILES string of the molecule is Cc1nc(CC(=O)O)cc(C(F)F)c1N. The van der Waals surface area contributed by atoms with Crippen LogP contribution in [0.1, 0.15) is 23.4 Å². The van der Waals surface area contributed by atoms with Crippen molar-refractivity contribution >= 4 is 11.7 Å². The molecule has 0 aromatic carbocycles. The van der Waals surface area contributed by atoms with Crippen LogP contribution in [0.15, 0.2) is 6.07 Å². The monoisotopic (exact) mass is 216 g/mol. The quantitative estimate of drug-likeness (QED) is 0.803. The van der Waals surface area contributed by atoms with Crippen LogP contribution in [0.4, 0.5) is 14.5 Å². The third kappa shape index (κ3) is 2.61. The van der Waals surface area contributed by atoms with Gasteiger partial charge in [-0.2, -0.15) is 0 Å². The molecule has 0 unspecified atom stereocenters. The largest absolute Gasteiger partial charge is 0.481 e. The van der Waals surface area contributed by atoms with Gasteiger partial charge in [-0.3, -0.25) is 9.78 Å². The molecule has 0 amide bonds. The third-order valence-corrected chi connectivity index (χ3v) is 1.90. The molecule has 6 heteroatoms. The van der Waals surface area contributed by atoms with Crippen LogP contribution in [-0.2, 0) is 11.2 Å². The van der Waals surface area contributed by atoms with Crippen molar-refractivity contribution in [3.63, 3.8) is 0 Å². The number of aliphatic carboxylic acids is 1. The minimum absolute atomic E-state index is 0.0841. The summed E-state index contributed by atoms with van der Waals surface area (Å²) < 4.78 is 24.9. The average molecular weight is 216 g/mol. The van der Waals surface area contributed by atoms with Crippen LogP contribution >= 0.6 is 0 Å². The van der Waals surface area contributed by atoms with E-state index in [0.717, 1.165) is 6.07 Å². The summed E-state index contributed by atoms with van der Waals surface area (Å²) in [6.07, 6.45) is -3.11. The molecule has 0 saturated heterocycles. The minimum atomic E-state index is -2.72. The van der Waals surface area contributed by atoms with Crippen molar-refractivity contribution in [3.8, 4) is 0 Å². The predicted molar refractivity (Wildman–Crippen MR) is 49.7 cm³/mol. The van der Waals surface area contributed by atoms with E-state index in [-0.39, 0.29) is 29.1 Å². The number of rotatable bonds is 3. The van der Waals surface area contributed by atoms with Crippen molar-refractivity contribution in [2.24, 2.45) is 0 Å². The summed E-state index contributed by atoms with van der Waals surface area (Å²) >= 11 is 0. The second-order valence-corrected chi connectivity index (χ2v) is 3.07. The van der Waals surface area contributed by atoms with Gasteiger partial charge in [0.1, 0.15) is 0 Å². The van der Waals surface area contributed by atoms with Crippen LogP contribution in [0.2, 0.25) is 0 Å². The number of anilines is 1. The Morgan fingerprint density at radius 1 is 1.67 bits per heavy atom. The molecule has 0 atom stereocenters. The first-order valence-corrected chi connectivity index (χ1v) is 4.17. The third-order valence-electron chi connectivity index (χ3n) is 1.90. The van der Waals surface area contributed by atoms with E-state index in [1.807, 2.05) is 0 Å². The van der Waals surface area contributed by atoms with E-state index in [0.29, 0.717) is 0 Å². The zero-order valence-corrected chi connectivity index (χ0v) is 8.00. The average Bonchev–Trinajstić information content (AvgIpc) is 2.09. The number of aromatic nitrogens is 1. The van der Waals surface area contributed by atoms with Crippen LogP contribution in [0.25, 0.3) is 0 Å². The molecule has 0 saturated carbocycles. The van der Waals surface area contributed by atoms with Crippen LogP contribution in [0, 0.1) is 6.92 Å².